The molecular weight excluding hydrogens is 308 g/mol. The molecule has 7 nitrogen and oxygen atoms in total. The highest BCUT2D eigenvalue weighted by Gasteiger charge is 2.24. The first-order valence-electron chi connectivity index (χ1n) is 8.32. The molecule has 1 unspecified atom stereocenters. The minimum absolute atomic E-state index is 0.222. The molecule has 2 aromatic rings. The highest BCUT2D eigenvalue weighted by atomic mass is 16.5. The Hall–Kier alpha value is -2.12. The fourth-order valence-corrected chi connectivity index (χ4v) is 2.93. The summed E-state index contributed by atoms with van der Waals surface area (Å²) in [6.07, 6.45) is 4.68. The van der Waals surface area contributed by atoms with Gasteiger partial charge in [-0.25, -0.2) is 4.98 Å². The van der Waals surface area contributed by atoms with Crippen LogP contribution in [0.3, 0.4) is 0 Å². The Kier molecular flexibility index (Phi) is 5.32. The van der Waals surface area contributed by atoms with Crippen LogP contribution in [-0.2, 0) is 24.9 Å². The lowest BCUT2D eigenvalue weighted by molar-refractivity contribution is 0.0675. The van der Waals surface area contributed by atoms with Gasteiger partial charge in [0.25, 0.3) is 5.91 Å². The van der Waals surface area contributed by atoms with Crippen LogP contribution in [0.2, 0.25) is 0 Å². The van der Waals surface area contributed by atoms with Crippen molar-refractivity contribution in [3.8, 4) is 0 Å². The summed E-state index contributed by atoms with van der Waals surface area (Å²) < 4.78 is 13.0. The third kappa shape index (κ3) is 4.04. The number of oxazole rings is 1. The number of likely N-dealkylation sites (tertiary alicyclic amines) is 1. The maximum Gasteiger partial charge on any atom is 0.273 e. The van der Waals surface area contributed by atoms with Crippen LogP contribution in [0.25, 0.3) is 0 Å². The van der Waals surface area contributed by atoms with Crippen molar-refractivity contribution >= 4 is 5.91 Å². The average molecular weight is 332 g/mol. The second-order valence-corrected chi connectivity index (χ2v) is 6.02. The van der Waals surface area contributed by atoms with E-state index in [0.29, 0.717) is 24.7 Å². The summed E-state index contributed by atoms with van der Waals surface area (Å²) in [5.41, 5.74) is 1.35. The Morgan fingerprint density at radius 3 is 3.17 bits per heavy atom. The molecule has 0 bridgehead atoms. The number of aryl methyl sites for hydroxylation is 1. The smallest absolute Gasteiger partial charge is 0.273 e. The molecule has 1 fully saturated rings. The third-order valence-electron chi connectivity index (χ3n) is 4.26. The Morgan fingerprint density at radius 2 is 2.42 bits per heavy atom. The standard InChI is InChI=1S/C17H24N4O3/c1-3-23-14-6-8-21(10-14)11-16-19-15(12-24-16)17(22)18-9-13-5-4-7-20(13)2/h4-5,7,12,14H,3,6,8-11H2,1-2H3,(H,18,22). The average Bonchev–Trinajstić information content (AvgIpc) is 3.28. The second-order valence-electron chi connectivity index (χ2n) is 6.02. The number of rotatable bonds is 7. The summed E-state index contributed by atoms with van der Waals surface area (Å²) >= 11 is 0. The fraction of sp³-hybridized carbons (Fsp3) is 0.529. The van der Waals surface area contributed by atoms with Gasteiger partial charge in [0, 0.05) is 38.6 Å². The Labute approximate surface area is 141 Å². The van der Waals surface area contributed by atoms with Gasteiger partial charge in [-0.3, -0.25) is 9.69 Å². The van der Waals surface area contributed by atoms with Crippen molar-refractivity contribution in [2.45, 2.75) is 32.5 Å². The van der Waals surface area contributed by atoms with Crippen molar-refractivity contribution in [3.63, 3.8) is 0 Å². The molecule has 1 saturated heterocycles. The maximum atomic E-state index is 12.2. The first kappa shape index (κ1) is 16.7. The van der Waals surface area contributed by atoms with Crippen LogP contribution < -0.4 is 5.32 Å². The molecule has 0 aromatic carbocycles. The number of nitrogens with one attached hydrogen (secondary N) is 1. The summed E-state index contributed by atoms with van der Waals surface area (Å²) in [5.74, 6) is 0.343. The number of hydrogen-bond acceptors (Lipinski definition) is 5. The molecule has 1 aliphatic heterocycles. The van der Waals surface area contributed by atoms with E-state index in [0.717, 1.165) is 31.8 Å². The van der Waals surface area contributed by atoms with Gasteiger partial charge in [-0.1, -0.05) is 0 Å². The second kappa shape index (κ2) is 7.63. The van der Waals surface area contributed by atoms with E-state index in [-0.39, 0.29) is 12.0 Å². The van der Waals surface area contributed by atoms with Gasteiger partial charge in [0.1, 0.15) is 6.26 Å². The highest BCUT2D eigenvalue weighted by Crippen LogP contribution is 2.15. The van der Waals surface area contributed by atoms with Gasteiger partial charge in [0.15, 0.2) is 5.69 Å². The van der Waals surface area contributed by atoms with Crippen LogP contribution in [0.15, 0.2) is 29.0 Å². The number of hydrogen-bond donors (Lipinski definition) is 1. The zero-order valence-corrected chi connectivity index (χ0v) is 14.2. The molecule has 7 heteroatoms. The minimum Gasteiger partial charge on any atom is -0.447 e. The summed E-state index contributed by atoms with van der Waals surface area (Å²) in [6, 6.07) is 3.91. The predicted octanol–water partition coefficient (Wildman–Crippen LogP) is 1.55. The van der Waals surface area contributed by atoms with Crippen LogP contribution >= 0.6 is 0 Å². The van der Waals surface area contributed by atoms with Gasteiger partial charge in [0.2, 0.25) is 5.89 Å². The largest absolute Gasteiger partial charge is 0.447 e. The lowest BCUT2D eigenvalue weighted by atomic mass is 10.3. The van der Waals surface area contributed by atoms with Crippen molar-refractivity contribution in [2.75, 3.05) is 19.7 Å². The summed E-state index contributed by atoms with van der Waals surface area (Å²) in [7, 11) is 1.95. The van der Waals surface area contributed by atoms with Crippen LogP contribution in [0.5, 0.6) is 0 Å². The molecule has 1 atom stereocenters. The van der Waals surface area contributed by atoms with Crippen molar-refractivity contribution in [1.29, 1.82) is 0 Å². The molecule has 1 amide bonds. The third-order valence-corrected chi connectivity index (χ3v) is 4.26. The molecule has 0 radical (unpaired) electrons. The quantitative estimate of drug-likeness (QED) is 0.833. The lowest BCUT2D eigenvalue weighted by Crippen LogP contribution is -2.25. The van der Waals surface area contributed by atoms with E-state index in [1.807, 2.05) is 36.9 Å². The SMILES string of the molecule is CCOC1CCN(Cc2nc(C(=O)NCc3cccn3C)co2)C1. The van der Waals surface area contributed by atoms with E-state index >= 15 is 0 Å². The number of carbonyl (C=O) groups excluding carboxylic acids is 1. The van der Waals surface area contributed by atoms with Crippen molar-refractivity contribution < 1.29 is 13.9 Å². The molecule has 0 saturated carbocycles. The van der Waals surface area contributed by atoms with Gasteiger partial charge >= 0.3 is 0 Å². The summed E-state index contributed by atoms with van der Waals surface area (Å²) in [4.78, 5) is 18.7. The fourth-order valence-electron chi connectivity index (χ4n) is 2.93. The van der Waals surface area contributed by atoms with Crippen LogP contribution in [0.4, 0.5) is 0 Å². The van der Waals surface area contributed by atoms with Crippen molar-refractivity contribution in [2.24, 2.45) is 7.05 Å². The van der Waals surface area contributed by atoms with Crippen LogP contribution in [0, 0.1) is 0 Å². The molecule has 0 spiro atoms. The number of aromatic nitrogens is 2. The predicted molar refractivity (Wildman–Crippen MR) is 88.4 cm³/mol. The Bertz CT molecular complexity index is 679. The Balaban J connectivity index is 1.50. The van der Waals surface area contributed by atoms with Crippen molar-refractivity contribution in [1.82, 2.24) is 19.8 Å². The van der Waals surface area contributed by atoms with Gasteiger partial charge in [-0.2, -0.15) is 0 Å². The number of nitrogens with zero attached hydrogens (tertiary/aromatic N) is 3. The molecule has 24 heavy (non-hydrogen) atoms. The van der Waals surface area contributed by atoms with Gasteiger partial charge in [-0.15, -0.1) is 0 Å². The molecule has 3 heterocycles. The summed E-state index contributed by atoms with van der Waals surface area (Å²) in [5, 5.41) is 2.86. The van der Waals surface area contributed by atoms with Gasteiger partial charge in [-0.05, 0) is 25.5 Å². The van der Waals surface area contributed by atoms with Crippen molar-refractivity contribution in [3.05, 3.63) is 41.9 Å². The maximum absolute atomic E-state index is 12.2. The van der Waals surface area contributed by atoms with E-state index in [1.54, 1.807) is 0 Å². The van der Waals surface area contributed by atoms with Gasteiger partial charge < -0.3 is 19.0 Å². The normalized spacial score (nSPS) is 18.2. The molecule has 0 aliphatic carbocycles. The number of carbonyl (C=O) groups is 1. The molecule has 3 rings (SSSR count). The summed E-state index contributed by atoms with van der Waals surface area (Å²) in [6.45, 7) is 5.66. The first-order chi connectivity index (χ1) is 11.7. The van der Waals surface area contributed by atoms with E-state index < -0.39 is 0 Å². The number of amides is 1. The molecule has 1 aliphatic rings. The minimum atomic E-state index is -0.222. The van der Waals surface area contributed by atoms with Crippen LogP contribution in [-0.4, -0.2) is 46.2 Å². The zero-order chi connectivity index (χ0) is 16.9. The topological polar surface area (TPSA) is 72.5 Å². The highest BCUT2D eigenvalue weighted by molar-refractivity contribution is 5.91. The Morgan fingerprint density at radius 1 is 1.54 bits per heavy atom. The first-order valence-corrected chi connectivity index (χ1v) is 8.32. The van der Waals surface area contributed by atoms with Gasteiger partial charge in [0.05, 0.1) is 19.2 Å². The zero-order valence-electron chi connectivity index (χ0n) is 14.2. The van der Waals surface area contributed by atoms with E-state index in [4.69, 9.17) is 9.15 Å². The van der Waals surface area contributed by atoms with Crippen LogP contribution in [0.1, 0.15) is 35.4 Å². The molecule has 1 N–H and O–H groups in total. The van der Waals surface area contributed by atoms with E-state index in [1.165, 1.54) is 6.26 Å². The molecule has 130 valence electrons. The molecule has 2 aromatic heterocycles. The lowest BCUT2D eigenvalue weighted by Gasteiger charge is -2.13. The van der Waals surface area contributed by atoms with E-state index in [9.17, 15) is 4.79 Å². The molecular formula is C17H24N4O3. The monoisotopic (exact) mass is 332 g/mol. The number of ether oxygens (including phenoxy) is 1. The van der Waals surface area contributed by atoms with E-state index in [2.05, 4.69) is 15.2 Å².